The molecule has 1 aromatic heterocycles. The predicted molar refractivity (Wildman–Crippen MR) is 123 cm³/mol. The fraction of sp³-hybridized carbons (Fsp3) is 0.259. The summed E-state index contributed by atoms with van der Waals surface area (Å²) in [4.78, 5) is 17.6. The minimum Gasteiger partial charge on any atom is -0.494 e. The molecule has 0 bridgehead atoms. The van der Waals surface area contributed by atoms with Crippen molar-refractivity contribution >= 4 is 16.9 Å². The number of pyridine rings is 1. The van der Waals surface area contributed by atoms with Gasteiger partial charge in [-0.1, -0.05) is 6.07 Å². The van der Waals surface area contributed by atoms with E-state index in [1.54, 1.807) is 36.7 Å². The molecule has 33 heavy (non-hydrogen) atoms. The summed E-state index contributed by atoms with van der Waals surface area (Å²) in [5, 5.41) is 3.36. The number of benzene rings is 2. The Hall–Kier alpha value is -3.38. The van der Waals surface area contributed by atoms with E-state index in [1.165, 1.54) is 12.1 Å². The van der Waals surface area contributed by atoms with E-state index in [2.05, 4.69) is 10.3 Å². The SMILES string of the molecule is O=C1C(c2cccnc2)=C(c2cc(F)cc(F)c2)c2ccc(OCCC3CCNCC3)cc21. The van der Waals surface area contributed by atoms with Gasteiger partial charge in [-0.05, 0) is 85.8 Å². The highest BCUT2D eigenvalue weighted by molar-refractivity contribution is 6.41. The molecule has 0 amide bonds. The van der Waals surface area contributed by atoms with Crippen LogP contribution in [-0.2, 0) is 0 Å². The molecule has 3 aromatic rings. The largest absolute Gasteiger partial charge is 0.494 e. The van der Waals surface area contributed by atoms with Crippen LogP contribution in [0, 0.1) is 17.6 Å². The lowest BCUT2D eigenvalue weighted by Crippen LogP contribution is -2.28. The number of nitrogens with zero attached hydrogens (tertiary/aromatic N) is 1. The molecule has 0 radical (unpaired) electrons. The van der Waals surface area contributed by atoms with Gasteiger partial charge < -0.3 is 10.1 Å². The van der Waals surface area contributed by atoms with Crippen LogP contribution >= 0.6 is 0 Å². The number of piperidine rings is 1. The maximum absolute atomic E-state index is 14.1. The van der Waals surface area contributed by atoms with Gasteiger partial charge in [0.2, 0.25) is 0 Å². The van der Waals surface area contributed by atoms with E-state index in [0.29, 0.717) is 51.7 Å². The second kappa shape index (κ2) is 9.24. The summed E-state index contributed by atoms with van der Waals surface area (Å²) < 4.78 is 34.1. The number of fused-ring (bicyclic) bond motifs is 1. The van der Waals surface area contributed by atoms with Crippen molar-refractivity contribution in [1.82, 2.24) is 10.3 Å². The van der Waals surface area contributed by atoms with Gasteiger partial charge in [-0.25, -0.2) is 8.78 Å². The van der Waals surface area contributed by atoms with Gasteiger partial charge in [0.25, 0.3) is 0 Å². The second-order valence-electron chi connectivity index (χ2n) is 8.52. The monoisotopic (exact) mass is 446 g/mol. The number of Topliss-reactive ketones (excluding diaryl/α,β-unsaturated/α-hetero) is 1. The van der Waals surface area contributed by atoms with Crippen LogP contribution in [0.2, 0.25) is 0 Å². The topological polar surface area (TPSA) is 51.2 Å². The Morgan fingerprint density at radius 1 is 0.939 bits per heavy atom. The lowest BCUT2D eigenvalue weighted by molar-refractivity contribution is 0.105. The molecule has 0 atom stereocenters. The predicted octanol–water partition coefficient (Wildman–Crippen LogP) is 5.28. The Kier molecular flexibility index (Phi) is 6.01. The van der Waals surface area contributed by atoms with Crippen molar-refractivity contribution in [3.63, 3.8) is 0 Å². The summed E-state index contributed by atoms with van der Waals surface area (Å²) >= 11 is 0. The summed E-state index contributed by atoms with van der Waals surface area (Å²) in [5.74, 6) is -0.325. The van der Waals surface area contributed by atoms with E-state index >= 15 is 0 Å². The quantitative estimate of drug-likeness (QED) is 0.560. The van der Waals surface area contributed by atoms with Crippen molar-refractivity contribution in [1.29, 1.82) is 0 Å². The maximum Gasteiger partial charge on any atom is 0.195 e. The summed E-state index contributed by atoms with van der Waals surface area (Å²) in [5.41, 5.74) is 2.91. The second-order valence-corrected chi connectivity index (χ2v) is 8.52. The van der Waals surface area contributed by atoms with Crippen LogP contribution in [-0.4, -0.2) is 30.5 Å². The number of hydrogen-bond donors (Lipinski definition) is 1. The fourth-order valence-corrected chi connectivity index (χ4v) is 4.70. The third-order valence-electron chi connectivity index (χ3n) is 6.34. The molecule has 168 valence electrons. The van der Waals surface area contributed by atoms with E-state index in [9.17, 15) is 13.6 Å². The highest BCUT2D eigenvalue weighted by Crippen LogP contribution is 2.43. The first kappa shape index (κ1) is 21.5. The highest BCUT2D eigenvalue weighted by atomic mass is 19.1. The third kappa shape index (κ3) is 4.44. The van der Waals surface area contributed by atoms with Crippen molar-refractivity contribution in [2.45, 2.75) is 19.3 Å². The number of carbonyl (C=O) groups excluding carboxylic acids is 1. The molecule has 2 aromatic carbocycles. The molecule has 2 aliphatic rings. The number of nitrogens with one attached hydrogen (secondary N) is 1. The number of ketones is 1. The van der Waals surface area contributed by atoms with Gasteiger partial charge in [0.1, 0.15) is 17.4 Å². The summed E-state index contributed by atoms with van der Waals surface area (Å²) in [6.45, 7) is 2.68. The van der Waals surface area contributed by atoms with Gasteiger partial charge in [-0.3, -0.25) is 9.78 Å². The minimum atomic E-state index is -0.693. The number of carbonyl (C=O) groups is 1. The number of halogens is 2. The highest BCUT2D eigenvalue weighted by Gasteiger charge is 2.32. The van der Waals surface area contributed by atoms with Crippen molar-refractivity contribution in [2.24, 2.45) is 5.92 Å². The fourth-order valence-electron chi connectivity index (χ4n) is 4.70. The molecule has 1 aliphatic heterocycles. The summed E-state index contributed by atoms with van der Waals surface area (Å²) in [6.07, 6.45) is 6.48. The molecule has 0 saturated carbocycles. The van der Waals surface area contributed by atoms with E-state index in [-0.39, 0.29) is 5.78 Å². The lowest BCUT2D eigenvalue weighted by Gasteiger charge is -2.22. The van der Waals surface area contributed by atoms with Crippen molar-refractivity contribution in [3.05, 3.63) is 94.8 Å². The molecule has 4 nitrogen and oxygen atoms in total. The van der Waals surface area contributed by atoms with E-state index in [4.69, 9.17) is 4.74 Å². The van der Waals surface area contributed by atoms with Crippen LogP contribution in [0.4, 0.5) is 8.78 Å². The Morgan fingerprint density at radius 3 is 2.45 bits per heavy atom. The number of rotatable bonds is 6. The molecule has 1 fully saturated rings. The van der Waals surface area contributed by atoms with Gasteiger partial charge in [0, 0.05) is 40.7 Å². The molecule has 0 spiro atoms. The Balaban J connectivity index is 1.48. The molecular formula is C27H24F2N2O2. The Morgan fingerprint density at radius 2 is 1.73 bits per heavy atom. The van der Waals surface area contributed by atoms with Crippen LogP contribution in [0.25, 0.3) is 11.1 Å². The maximum atomic E-state index is 14.1. The van der Waals surface area contributed by atoms with Crippen molar-refractivity contribution in [3.8, 4) is 5.75 Å². The van der Waals surface area contributed by atoms with Gasteiger partial charge in [0.15, 0.2) is 5.78 Å². The van der Waals surface area contributed by atoms with Crippen LogP contribution in [0.15, 0.2) is 60.9 Å². The third-order valence-corrected chi connectivity index (χ3v) is 6.34. The summed E-state index contributed by atoms with van der Waals surface area (Å²) in [7, 11) is 0. The smallest absolute Gasteiger partial charge is 0.195 e. The van der Waals surface area contributed by atoms with E-state index in [1.807, 2.05) is 6.07 Å². The van der Waals surface area contributed by atoms with Crippen LogP contribution in [0.1, 0.15) is 46.3 Å². The number of ether oxygens (including phenoxy) is 1. The van der Waals surface area contributed by atoms with Gasteiger partial charge in [-0.2, -0.15) is 0 Å². The first-order valence-corrected chi connectivity index (χ1v) is 11.2. The normalized spacial score (nSPS) is 16.2. The van der Waals surface area contributed by atoms with Gasteiger partial charge in [-0.15, -0.1) is 0 Å². The van der Waals surface area contributed by atoms with Crippen molar-refractivity contribution < 1.29 is 18.3 Å². The van der Waals surface area contributed by atoms with E-state index < -0.39 is 11.6 Å². The first-order chi connectivity index (χ1) is 16.1. The Labute approximate surface area is 191 Å². The zero-order chi connectivity index (χ0) is 22.8. The molecule has 1 N–H and O–H groups in total. The van der Waals surface area contributed by atoms with Gasteiger partial charge >= 0.3 is 0 Å². The average molecular weight is 446 g/mol. The molecule has 1 aliphatic carbocycles. The first-order valence-electron chi connectivity index (χ1n) is 11.2. The molecule has 6 heteroatoms. The number of aromatic nitrogens is 1. The molecular weight excluding hydrogens is 422 g/mol. The zero-order valence-electron chi connectivity index (χ0n) is 18.1. The van der Waals surface area contributed by atoms with Crippen LogP contribution in [0.3, 0.4) is 0 Å². The minimum absolute atomic E-state index is 0.207. The van der Waals surface area contributed by atoms with Crippen LogP contribution < -0.4 is 10.1 Å². The molecule has 5 rings (SSSR count). The van der Waals surface area contributed by atoms with Crippen LogP contribution in [0.5, 0.6) is 5.75 Å². The van der Waals surface area contributed by atoms with E-state index in [0.717, 1.165) is 38.4 Å². The van der Waals surface area contributed by atoms with Gasteiger partial charge in [0.05, 0.1) is 6.61 Å². The van der Waals surface area contributed by atoms with Crippen molar-refractivity contribution in [2.75, 3.05) is 19.7 Å². The summed E-state index contributed by atoms with van der Waals surface area (Å²) in [6, 6.07) is 12.2. The lowest BCUT2D eigenvalue weighted by atomic mass is 9.94. The Bertz CT molecular complexity index is 1200. The number of allylic oxidation sites excluding steroid dienone is 1. The number of hydrogen-bond acceptors (Lipinski definition) is 4. The molecule has 2 heterocycles. The average Bonchev–Trinajstić information content (AvgIpc) is 3.12. The molecule has 1 saturated heterocycles. The molecule has 0 unspecified atom stereocenters. The standard InChI is InChI=1S/C27H24F2N2O2/c28-20-12-19(13-21(29)14-20)25-23-4-3-22(33-11-7-17-5-9-30-10-6-17)15-24(23)27(32)26(25)18-2-1-8-31-16-18/h1-4,8,12-17,30H,5-7,9-11H2. The zero-order valence-corrected chi connectivity index (χ0v) is 18.1.